The first-order valence-electron chi connectivity index (χ1n) is 8.63. The highest BCUT2D eigenvalue weighted by atomic mass is 32.2. The van der Waals surface area contributed by atoms with E-state index in [-0.39, 0.29) is 27.8 Å². The molecule has 11 heteroatoms. The van der Waals surface area contributed by atoms with Gasteiger partial charge < -0.3 is 9.84 Å². The summed E-state index contributed by atoms with van der Waals surface area (Å²) in [6.07, 6.45) is 1.14. The molecular formula is C19H20N2O6S3. The molecule has 0 saturated carbocycles. The monoisotopic (exact) mass is 468 g/mol. The molecule has 8 nitrogen and oxygen atoms in total. The lowest BCUT2D eigenvalue weighted by Gasteiger charge is -2.13. The topological polar surface area (TPSA) is 123 Å². The predicted octanol–water partition coefficient (Wildman–Crippen LogP) is 3.18. The van der Waals surface area contributed by atoms with Gasteiger partial charge in [-0.15, -0.1) is 11.3 Å². The Morgan fingerprint density at radius 1 is 1.10 bits per heavy atom. The van der Waals surface area contributed by atoms with Crippen LogP contribution in [0, 0.1) is 6.92 Å². The van der Waals surface area contributed by atoms with Crippen LogP contribution in [0.25, 0.3) is 10.4 Å². The zero-order valence-electron chi connectivity index (χ0n) is 16.4. The van der Waals surface area contributed by atoms with Crippen LogP contribution in [0.3, 0.4) is 0 Å². The Bertz CT molecular complexity index is 1280. The Hall–Kier alpha value is -2.63. The Labute approximate surface area is 179 Å². The van der Waals surface area contributed by atoms with Crippen LogP contribution < -0.4 is 9.46 Å². The molecule has 0 saturated heterocycles. The van der Waals surface area contributed by atoms with Gasteiger partial charge in [0.15, 0.2) is 9.84 Å². The minimum atomic E-state index is -4.00. The first-order chi connectivity index (χ1) is 14.0. The number of hydrogen-bond acceptors (Lipinski definition) is 8. The Morgan fingerprint density at radius 2 is 1.77 bits per heavy atom. The van der Waals surface area contributed by atoms with Crippen LogP contribution in [-0.2, 0) is 25.6 Å². The number of anilines is 1. The fourth-order valence-electron chi connectivity index (χ4n) is 2.77. The van der Waals surface area contributed by atoms with E-state index >= 15 is 0 Å². The minimum absolute atomic E-state index is 0.0168. The first-order valence-corrected chi connectivity index (χ1v) is 13.0. The van der Waals surface area contributed by atoms with Gasteiger partial charge in [0.05, 0.1) is 17.7 Å². The summed E-state index contributed by atoms with van der Waals surface area (Å²) in [4.78, 5) is 4.90. The number of methoxy groups -OCH3 is 1. The second kappa shape index (κ2) is 8.25. The van der Waals surface area contributed by atoms with Gasteiger partial charge in [-0.25, -0.2) is 21.8 Å². The lowest BCUT2D eigenvalue weighted by Crippen LogP contribution is -2.14. The third-order valence-electron chi connectivity index (χ3n) is 4.06. The number of sulfone groups is 1. The van der Waals surface area contributed by atoms with Crippen molar-refractivity contribution in [1.82, 2.24) is 4.98 Å². The third kappa shape index (κ3) is 5.10. The molecule has 0 spiro atoms. The SMILES string of the molecule is COc1ccc(-c2sc(CS(C)(=O)=O)nc2C)cc1S(=O)(=O)Nc1ccc(O)cc1. The maximum atomic E-state index is 13.0. The molecule has 1 heterocycles. The summed E-state index contributed by atoms with van der Waals surface area (Å²) >= 11 is 1.20. The van der Waals surface area contributed by atoms with Gasteiger partial charge in [-0.1, -0.05) is 0 Å². The van der Waals surface area contributed by atoms with Crippen LogP contribution in [0.2, 0.25) is 0 Å². The largest absolute Gasteiger partial charge is 0.508 e. The third-order valence-corrected chi connectivity index (χ3v) is 7.65. The van der Waals surface area contributed by atoms with Gasteiger partial charge in [-0.05, 0) is 55.0 Å². The summed E-state index contributed by atoms with van der Waals surface area (Å²) in [6, 6.07) is 10.3. The van der Waals surface area contributed by atoms with Gasteiger partial charge in [0.2, 0.25) is 0 Å². The number of sulfonamides is 1. The molecule has 3 aromatic rings. The van der Waals surface area contributed by atoms with E-state index in [4.69, 9.17) is 4.74 Å². The molecule has 2 N–H and O–H groups in total. The highest BCUT2D eigenvalue weighted by Crippen LogP contribution is 2.36. The second-order valence-electron chi connectivity index (χ2n) is 6.61. The van der Waals surface area contributed by atoms with Crippen molar-refractivity contribution in [1.29, 1.82) is 0 Å². The number of aromatic hydroxyl groups is 1. The van der Waals surface area contributed by atoms with Gasteiger partial charge in [-0.3, -0.25) is 4.72 Å². The highest BCUT2D eigenvalue weighted by Gasteiger charge is 2.22. The number of hydrogen-bond donors (Lipinski definition) is 2. The number of nitrogens with zero attached hydrogens (tertiary/aromatic N) is 1. The molecule has 0 aliphatic rings. The van der Waals surface area contributed by atoms with Crippen molar-refractivity contribution in [3.63, 3.8) is 0 Å². The van der Waals surface area contributed by atoms with Crippen LogP contribution in [0.5, 0.6) is 11.5 Å². The van der Waals surface area contributed by atoms with Gasteiger partial charge in [0, 0.05) is 11.9 Å². The van der Waals surface area contributed by atoms with Crippen LogP contribution in [0.15, 0.2) is 47.4 Å². The fourth-order valence-corrected chi connectivity index (χ4v) is 6.28. The molecule has 160 valence electrons. The molecule has 1 aromatic heterocycles. The molecule has 0 bridgehead atoms. The predicted molar refractivity (Wildman–Crippen MR) is 116 cm³/mol. The number of ether oxygens (including phenoxy) is 1. The summed E-state index contributed by atoms with van der Waals surface area (Å²) < 4.78 is 56.8. The lowest BCUT2D eigenvalue weighted by atomic mass is 10.1. The van der Waals surface area contributed by atoms with E-state index in [0.29, 0.717) is 21.1 Å². The van der Waals surface area contributed by atoms with E-state index in [2.05, 4.69) is 9.71 Å². The van der Waals surface area contributed by atoms with Crippen LogP contribution in [0.4, 0.5) is 5.69 Å². The Balaban J connectivity index is 2.03. The van der Waals surface area contributed by atoms with E-state index in [0.717, 1.165) is 6.26 Å². The molecule has 2 aromatic carbocycles. The molecule has 0 fully saturated rings. The highest BCUT2D eigenvalue weighted by molar-refractivity contribution is 7.92. The number of rotatable bonds is 7. The van der Waals surface area contributed by atoms with Crippen molar-refractivity contribution in [2.75, 3.05) is 18.1 Å². The van der Waals surface area contributed by atoms with Crippen LogP contribution in [-0.4, -0.2) is 40.3 Å². The number of aromatic nitrogens is 1. The summed E-state index contributed by atoms with van der Waals surface area (Å²) in [5.74, 6) is -0.00552. The quantitative estimate of drug-likeness (QED) is 0.511. The van der Waals surface area contributed by atoms with Gasteiger partial charge in [0.25, 0.3) is 10.0 Å². The summed E-state index contributed by atoms with van der Waals surface area (Å²) in [5, 5.41) is 9.81. The van der Waals surface area contributed by atoms with Gasteiger partial charge in [-0.2, -0.15) is 0 Å². The van der Waals surface area contributed by atoms with Crippen molar-refractivity contribution in [2.24, 2.45) is 0 Å². The minimum Gasteiger partial charge on any atom is -0.508 e. The van der Waals surface area contributed by atoms with E-state index < -0.39 is 19.9 Å². The molecular weight excluding hydrogens is 448 g/mol. The van der Waals surface area contributed by atoms with Crippen LogP contribution >= 0.6 is 11.3 Å². The zero-order valence-corrected chi connectivity index (χ0v) is 18.9. The summed E-state index contributed by atoms with van der Waals surface area (Å²) in [5.41, 5.74) is 1.47. The number of phenolic OH excluding ortho intramolecular Hbond substituents is 1. The molecule has 0 aliphatic heterocycles. The number of thiazole rings is 1. The average Bonchev–Trinajstić information content (AvgIpc) is 3.01. The maximum absolute atomic E-state index is 13.0. The maximum Gasteiger partial charge on any atom is 0.265 e. The molecule has 0 amide bonds. The fraction of sp³-hybridized carbons (Fsp3) is 0.211. The molecule has 3 rings (SSSR count). The van der Waals surface area contributed by atoms with E-state index in [1.165, 1.54) is 54.8 Å². The zero-order chi connectivity index (χ0) is 22.1. The van der Waals surface area contributed by atoms with Crippen molar-refractivity contribution < 1.29 is 26.7 Å². The van der Waals surface area contributed by atoms with Crippen molar-refractivity contribution in [2.45, 2.75) is 17.6 Å². The average molecular weight is 469 g/mol. The number of phenols is 1. The molecule has 30 heavy (non-hydrogen) atoms. The van der Waals surface area contributed by atoms with Crippen molar-refractivity contribution in [3.8, 4) is 21.9 Å². The molecule has 0 radical (unpaired) electrons. The lowest BCUT2D eigenvalue weighted by molar-refractivity contribution is 0.403. The Kier molecular flexibility index (Phi) is 6.06. The molecule has 0 aliphatic carbocycles. The number of aryl methyl sites for hydroxylation is 1. The standard InChI is InChI=1S/C19H20N2O6S3/c1-12-19(28-18(20-12)11-29(3,23)24)13-4-9-16(27-2)17(10-13)30(25,26)21-14-5-7-15(22)8-6-14/h4-10,21-22H,11H2,1-3H3. The Morgan fingerprint density at radius 3 is 2.37 bits per heavy atom. The van der Waals surface area contributed by atoms with Gasteiger partial charge in [0.1, 0.15) is 27.2 Å². The second-order valence-corrected chi connectivity index (χ2v) is 11.5. The van der Waals surface area contributed by atoms with Crippen molar-refractivity contribution in [3.05, 3.63) is 53.2 Å². The van der Waals surface area contributed by atoms with E-state index in [1.807, 2.05) is 0 Å². The smallest absolute Gasteiger partial charge is 0.265 e. The molecule has 0 atom stereocenters. The number of nitrogens with one attached hydrogen (secondary N) is 1. The van der Waals surface area contributed by atoms with Crippen LogP contribution in [0.1, 0.15) is 10.7 Å². The van der Waals surface area contributed by atoms with Gasteiger partial charge >= 0.3 is 0 Å². The normalized spacial score (nSPS) is 12.0. The summed E-state index contributed by atoms with van der Waals surface area (Å²) in [7, 11) is -5.87. The van der Waals surface area contributed by atoms with E-state index in [9.17, 15) is 21.9 Å². The van der Waals surface area contributed by atoms with Crippen molar-refractivity contribution >= 4 is 36.9 Å². The summed E-state index contributed by atoms with van der Waals surface area (Å²) in [6.45, 7) is 1.74. The number of benzene rings is 2. The van der Waals surface area contributed by atoms with E-state index in [1.54, 1.807) is 13.0 Å². The molecule has 0 unspecified atom stereocenters. The first kappa shape index (κ1) is 22.1.